The maximum Gasteiger partial charge on any atom is 0.220 e. The predicted octanol–water partition coefficient (Wildman–Crippen LogP) is 4.88. The summed E-state index contributed by atoms with van der Waals surface area (Å²) in [6, 6.07) is 9.42. The molecular weight excluding hydrogens is 402 g/mol. The Bertz CT molecular complexity index is 724. The third kappa shape index (κ3) is 14.5. The normalized spacial score (nSPS) is 12.3. The van der Waals surface area contributed by atoms with Gasteiger partial charge in [-0.2, -0.15) is 0 Å². The molecule has 1 amide bonds. The summed E-state index contributed by atoms with van der Waals surface area (Å²) in [5.74, 6) is -0.0310. The van der Waals surface area contributed by atoms with Crippen LogP contribution >= 0.6 is 0 Å². The zero-order valence-corrected chi connectivity index (χ0v) is 19.4. The summed E-state index contributed by atoms with van der Waals surface area (Å²) in [5.41, 5.74) is 1.06. The van der Waals surface area contributed by atoms with E-state index < -0.39 is 0 Å². The van der Waals surface area contributed by atoms with Gasteiger partial charge in [-0.1, -0.05) is 75.1 Å². The van der Waals surface area contributed by atoms with Crippen LogP contribution in [0.2, 0.25) is 0 Å². The van der Waals surface area contributed by atoms with Crippen LogP contribution < -0.4 is 5.32 Å². The molecule has 2 N–H and O–H groups in total. The molecule has 5 heteroatoms. The van der Waals surface area contributed by atoms with Gasteiger partial charge in [0.1, 0.15) is 0 Å². The van der Waals surface area contributed by atoms with Gasteiger partial charge in [0.05, 0.1) is 12.6 Å². The standard InChI is InChI=1S/C27H39NO4/c1-2-3-4-5-9-16-25(30)17-10-11-18-26(31)19-12-13-20-27(32)28-24(22-29)21-23-14-7-6-8-15-23/h6-8,10-11,14-15,17-18,24,29H,2-5,9,12-13,16,19-22H2,1H3,(H,28,32)/b17-10+,18-11+. The van der Waals surface area contributed by atoms with E-state index in [0.29, 0.717) is 38.5 Å². The molecule has 1 aromatic carbocycles. The number of benzene rings is 1. The molecule has 5 nitrogen and oxygen atoms in total. The number of nitrogens with one attached hydrogen (secondary N) is 1. The van der Waals surface area contributed by atoms with Crippen LogP contribution in [0.15, 0.2) is 54.6 Å². The molecule has 0 bridgehead atoms. The largest absolute Gasteiger partial charge is 0.394 e. The predicted molar refractivity (Wildman–Crippen MR) is 129 cm³/mol. The first-order chi connectivity index (χ1) is 15.5. The molecule has 1 unspecified atom stereocenters. The van der Waals surface area contributed by atoms with Crippen molar-refractivity contribution >= 4 is 17.5 Å². The van der Waals surface area contributed by atoms with Gasteiger partial charge in [0.2, 0.25) is 5.91 Å². The number of hydrogen-bond donors (Lipinski definition) is 2. The van der Waals surface area contributed by atoms with Crippen molar-refractivity contribution in [3.8, 4) is 0 Å². The second-order valence-corrected chi connectivity index (χ2v) is 8.16. The van der Waals surface area contributed by atoms with Crippen molar-refractivity contribution < 1.29 is 19.5 Å². The minimum atomic E-state index is -0.305. The molecule has 1 atom stereocenters. The molecule has 0 saturated heterocycles. The van der Waals surface area contributed by atoms with Crippen LogP contribution in [0.4, 0.5) is 0 Å². The Morgan fingerprint density at radius 3 is 2.00 bits per heavy atom. The molecule has 0 aliphatic heterocycles. The number of carbonyl (C=O) groups excluding carboxylic acids is 3. The van der Waals surface area contributed by atoms with Crippen molar-refractivity contribution in [3.05, 3.63) is 60.2 Å². The van der Waals surface area contributed by atoms with Crippen LogP contribution in [-0.4, -0.2) is 35.2 Å². The topological polar surface area (TPSA) is 83.5 Å². The van der Waals surface area contributed by atoms with Gasteiger partial charge in [-0.25, -0.2) is 0 Å². The van der Waals surface area contributed by atoms with Crippen LogP contribution in [0.1, 0.15) is 76.7 Å². The third-order valence-corrected chi connectivity index (χ3v) is 5.19. The monoisotopic (exact) mass is 441 g/mol. The smallest absolute Gasteiger partial charge is 0.220 e. The fraction of sp³-hybridized carbons (Fsp3) is 0.519. The number of hydrogen-bond acceptors (Lipinski definition) is 4. The van der Waals surface area contributed by atoms with Gasteiger partial charge >= 0.3 is 0 Å². The van der Waals surface area contributed by atoms with E-state index >= 15 is 0 Å². The SMILES string of the molecule is CCCCCCCC(=O)/C=C/C=C/C(=O)CCCCC(=O)NC(CO)Cc1ccccc1. The Hall–Kier alpha value is -2.53. The van der Waals surface area contributed by atoms with E-state index in [1.807, 2.05) is 30.3 Å². The van der Waals surface area contributed by atoms with Gasteiger partial charge in [-0.15, -0.1) is 0 Å². The lowest BCUT2D eigenvalue weighted by molar-refractivity contribution is -0.122. The molecule has 0 spiro atoms. The van der Waals surface area contributed by atoms with Gasteiger partial charge in [-0.3, -0.25) is 14.4 Å². The van der Waals surface area contributed by atoms with Crippen molar-refractivity contribution in [3.63, 3.8) is 0 Å². The van der Waals surface area contributed by atoms with Gasteiger partial charge in [0.25, 0.3) is 0 Å². The quantitative estimate of drug-likeness (QED) is 0.193. The first-order valence-electron chi connectivity index (χ1n) is 11.9. The molecule has 0 heterocycles. The second-order valence-electron chi connectivity index (χ2n) is 8.16. The summed E-state index contributed by atoms with van der Waals surface area (Å²) in [4.78, 5) is 35.7. The summed E-state index contributed by atoms with van der Waals surface area (Å²) in [5, 5.41) is 12.3. The molecule has 1 aromatic rings. The molecule has 0 radical (unpaired) electrons. The summed E-state index contributed by atoms with van der Waals surface area (Å²) in [6.07, 6.45) is 14.9. The van der Waals surface area contributed by atoms with Crippen molar-refractivity contribution in [1.29, 1.82) is 0 Å². The van der Waals surface area contributed by atoms with E-state index in [1.165, 1.54) is 31.4 Å². The summed E-state index contributed by atoms with van der Waals surface area (Å²) < 4.78 is 0. The van der Waals surface area contributed by atoms with Crippen LogP contribution in [-0.2, 0) is 20.8 Å². The number of rotatable bonds is 18. The van der Waals surface area contributed by atoms with E-state index in [1.54, 1.807) is 12.2 Å². The Morgan fingerprint density at radius 1 is 0.844 bits per heavy atom. The average molecular weight is 442 g/mol. The number of allylic oxidation sites excluding steroid dienone is 4. The van der Waals surface area contributed by atoms with Gasteiger partial charge in [0.15, 0.2) is 11.6 Å². The van der Waals surface area contributed by atoms with E-state index in [4.69, 9.17) is 0 Å². The van der Waals surface area contributed by atoms with E-state index in [-0.39, 0.29) is 30.1 Å². The molecule has 0 fully saturated rings. The Morgan fingerprint density at radius 2 is 1.41 bits per heavy atom. The van der Waals surface area contributed by atoms with Crippen LogP contribution in [0, 0.1) is 0 Å². The van der Waals surface area contributed by atoms with Gasteiger partial charge < -0.3 is 10.4 Å². The lowest BCUT2D eigenvalue weighted by Gasteiger charge is -2.16. The molecule has 176 valence electrons. The first kappa shape index (κ1) is 27.5. The highest BCUT2D eigenvalue weighted by atomic mass is 16.3. The Labute approximate surface area is 193 Å². The molecule has 0 aliphatic rings. The Balaban J connectivity index is 2.15. The van der Waals surface area contributed by atoms with Crippen LogP contribution in [0.25, 0.3) is 0 Å². The first-order valence-corrected chi connectivity index (χ1v) is 11.9. The van der Waals surface area contributed by atoms with Crippen LogP contribution in [0.5, 0.6) is 0 Å². The summed E-state index contributed by atoms with van der Waals surface area (Å²) >= 11 is 0. The number of aliphatic hydroxyl groups excluding tert-OH is 1. The summed E-state index contributed by atoms with van der Waals surface area (Å²) in [6.45, 7) is 2.05. The second kappa shape index (κ2) is 18.1. The lowest BCUT2D eigenvalue weighted by Crippen LogP contribution is -2.38. The molecular formula is C27H39NO4. The van der Waals surface area contributed by atoms with Crippen molar-refractivity contribution in [2.45, 2.75) is 83.6 Å². The van der Waals surface area contributed by atoms with E-state index in [2.05, 4.69) is 12.2 Å². The zero-order chi connectivity index (χ0) is 23.4. The average Bonchev–Trinajstić information content (AvgIpc) is 2.79. The minimum Gasteiger partial charge on any atom is -0.394 e. The zero-order valence-electron chi connectivity index (χ0n) is 19.4. The number of amides is 1. The molecule has 0 aliphatic carbocycles. The maximum atomic E-state index is 12.1. The van der Waals surface area contributed by atoms with Gasteiger partial charge in [-0.05, 0) is 43.4 Å². The lowest BCUT2D eigenvalue weighted by atomic mass is 10.1. The maximum absolute atomic E-state index is 12.1. The fourth-order valence-corrected chi connectivity index (χ4v) is 3.34. The number of aliphatic hydroxyl groups is 1. The van der Waals surface area contributed by atoms with Crippen molar-refractivity contribution in [1.82, 2.24) is 5.32 Å². The summed E-state index contributed by atoms with van der Waals surface area (Å²) in [7, 11) is 0. The van der Waals surface area contributed by atoms with Crippen LogP contribution in [0.3, 0.4) is 0 Å². The molecule has 0 aromatic heterocycles. The molecule has 0 saturated carbocycles. The number of ketones is 2. The van der Waals surface area contributed by atoms with E-state index in [0.717, 1.165) is 18.4 Å². The molecule has 32 heavy (non-hydrogen) atoms. The fourth-order valence-electron chi connectivity index (χ4n) is 3.34. The van der Waals surface area contributed by atoms with Crippen molar-refractivity contribution in [2.24, 2.45) is 0 Å². The highest BCUT2D eigenvalue weighted by Crippen LogP contribution is 2.07. The number of carbonyl (C=O) groups is 3. The highest BCUT2D eigenvalue weighted by molar-refractivity contribution is 5.91. The van der Waals surface area contributed by atoms with Gasteiger partial charge in [0, 0.05) is 19.3 Å². The Kier molecular flexibility index (Phi) is 15.5. The minimum absolute atomic E-state index is 0.0145. The van der Waals surface area contributed by atoms with Crippen molar-refractivity contribution in [2.75, 3.05) is 6.61 Å². The molecule has 1 rings (SSSR count). The highest BCUT2D eigenvalue weighted by Gasteiger charge is 2.12. The number of unbranched alkanes of at least 4 members (excludes halogenated alkanes) is 5. The third-order valence-electron chi connectivity index (χ3n) is 5.19. The van der Waals surface area contributed by atoms with E-state index in [9.17, 15) is 19.5 Å².